The summed E-state index contributed by atoms with van der Waals surface area (Å²) in [5.41, 5.74) is 0. The number of nitriles is 1. The van der Waals surface area contributed by atoms with Gasteiger partial charge in [0.25, 0.3) is 0 Å². The number of halogens is 1. The third-order valence-corrected chi connectivity index (χ3v) is 2.02. The maximum atomic E-state index is 8.63. The van der Waals surface area contributed by atoms with Gasteiger partial charge < -0.3 is 4.74 Å². The molecule has 0 aromatic carbocycles. The zero-order valence-corrected chi connectivity index (χ0v) is 7.18. The smallest absolute Gasteiger partial charge is 0.146 e. The van der Waals surface area contributed by atoms with E-state index in [-0.39, 0.29) is 6.10 Å². The molecule has 0 spiro atoms. The molecule has 1 aliphatic rings. The Bertz CT molecular complexity index is 151. The van der Waals surface area contributed by atoms with Crippen LogP contribution in [0.5, 0.6) is 0 Å². The quantitative estimate of drug-likeness (QED) is 0.470. The van der Waals surface area contributed by atoms with E-state index in [1.807, 2.05) is 0 Å². The van der Waals surface area contributed by atoms with Crippen molar-refractivity contribution >= 4 is 11.6 Å². The van der Waals surface area contributed by atoms with Crippen LogP contribution in [-0.4, -0.2) is 18.6 Å². The zero-order valence-electron chi connectivity index (χ0n) is 6.42. The van der Waals surface area contributed by atoms with Crippen molar-refractivity contribution in [2.45, 2.75) is 25.4 Å². The molecule has 1 atom stereocenters. The molecule has 2 nitrogen and oxygen atoms in total. The molecule has 1 fully saturated rings. The normalized spacial score (nSPS) is 19.3. The van der Waals surface area contributed by atoms with Crippen molar-refractivity contribution in [3.05, 3.63) is 0 Å². The molecule has 0 radical (unpaired) electrons. The van der Waals surface area contributed by atoms with Crippen LogP contribution in [0.2, 0.25) is 0 Å². The van der Waals surface area contributed by atoms with Crippen molar-refractivity contribution in [2.24, 2.45) is 5.92 Å². The van der Waals surface area contributed by atoms with Gasteiger partial charge in [-0.2, -0.15) is 5.26 Å². The van der Waals surface area contributed by atoms with Gasteiger partial charge in [0.15, 0.2) is 0 Å². The van der Waals surface area contributed by atoms with Crippen LogP contribution >= 0.6 is 11.6 Å². The highest BCUT2D eigenvalue weighted by Crippen LogP contribution is 2.33. The van der Waals surface area contributed by atoms with E-state index in [0.29, 0.717) is 18.4 Å². The molecule has 3 heteroatoms. The number of alkyl halides is 1. The standard InChI is InChI=1S/C8H12ClNO/c9-4-1-5-11-8(6-10)7-2-3-7/h7-8H,1-5H2. The monoisotopic (exact) mass is 173 g/mol. The van der Waals surface area contributed by atoms with E-state index < -0.39 is 0 Å². The number of nitrogens with zero attached hydrogens (tertiary/aromatic N) is 1. The lowest BCUT2D eigenvalue weighted by molar-refractivity contribution is 0.0767. The third kappa shape index (κ3) is 3.09. The summed E-state index contributed by atoms with van der Waals surface area (Å²) in [6.45, 7) is 0.623. The van der Waals surface area contributed by atoms with E-state index in [9.17, 15) is 0 Å². The number of hydrogen-bond acceptors (Lipinski definition) is 2. The molecule has 1 unspecified atom stereocenters. The molecule has 62 valence electrons. The maximum Gasteiger partial charge on any atom is 0.146 e. The molecule has 0 saturated heterocycles. The Labute approximate surface area is 72.1 Å². The van der Waals surface area contributed by atoms with Crippen molar-refractivity contribution in [1.82, 2.24) is 0 Å². The van der Waals surface area contributed by atoms with Gasteiger partial charge in [0, 0.05) is 12.5 Å². The Morgan fingerprint density at radius 2 is 2.36 bits per heavy atom. The summed E-state index contributed by atoms with van der Waals surface area (Å²) in [6.07, 6.45) is 2.98. The second kappa shape index (κ2) is 4.58. The highest BCUT2D eigenvalue weighted by Gasteiger charge is 2.31. The largest absolute Gasteiger partial charge is 0.363 e. The number of ether oxygens (including phenoxy) is 1. The van der Waals surface area contributed by atoms with Crippen LogP contribution in [0.15, 0.2) is 0 Å². The first-order chi connectivity index (χ1) is 5.38. The van der Waals surface area contributed by atoms with Gasteiger partial charge in [-0.1, -0.05) is 0 Å². The highest BCUT2D eigenvalue weighted by molar-refractivity contribution is 6.17. The third-order valence-electron chi connectivity index (χ3n) is 1.75. The Morgan fingerprint density at radius 1 is 1.64 bits per heavy atom. The molecular formula is C8H12ClNO. The molecule has 0 N–H and O–H groups in total. The van der Waals surface area contributed by atoms with Crippen molar-refractivity contribution in [2.75, 3.05) is 12.5 Å². The second-order valence-electron chi connectivity index (χ2n) is 2.80. The van der Waals surface area contributed by atoms with Gasteiger partial charge in [-0.3, -0.25) is 0 Å². The fourth-order valence-electron chi connectivity index (χ4n) is 0.943. The van der Waals surface area contributed by atoms with Crippen LogP contribution in [0.1, 0.15) is 19.3 Å². The average molecular weight is 174 g/mol. The first-order valence-corrected chi connectivity index (χ1v) is 4.49. The Kier molecular flexibility index (Phi) is 3.68. The molecule has 0 aromatic rings. The van der Waals surface area contributed by atoms with Gasteiger partial charge in [-0.25, -0.2) is 0 Å². The van der Waals surface area contributed by atoms with Gasteiger partial charge >= 0.3 is 0 Å². The van der Waals surface area contributed by atoms with Crippen LogP contribution in [0, 0.1) is 17.2 Å². The number of rotatable bonds is 5. The predicted octanol–water partition coefficient (Wildman–Crippen LogP) is 1.93. The highest BCUT2D eigenvalue weighted by atomic mass is 35.5. The van der Waals surface area contributed by atoms with Gasteiger partial charge in [0.1, 0.15) is 6.10 Å². The lowest BCUT2D eigenvalue weighted by atomic mass is 10.2. The summed E-state index contributed by atoms with van der Waals surface area (Å²) >= 11 is 5.46. The Balaban J connectivity index is 2.07. The molecule has 0 bridgehead atoms. The predicted molar refractivity (Wildman–Crippen MR) is 43.4 cm³/mol. The van der Waals surface area contributed by atoms with Crippen molar-refractivity contribution in [3.8, 4) is 6.07 Å². The van der Waals surface area contributed by atoms with Gasteiger partial charge in [0.2, 0.25) is 0 Å². The first-order valence-electron chi connectivity index (χ1n) is 3.95. The fraction of sp³-hybridized carbons (Fsp3) is 0.875. The van der Waals surface area contributed by atoms with Crippen molar-refractivity contribution in [1.29, 1.82) is 5.26 Å². The van der Waals surface area contributed by atoms with Crippen molar-refractivity contribution < 1.29 is 4.74 Å². The molecular weight excluding hydrogens is 162 g/mol. The summed E-state index contributed by atoms with van der Waals surface area (Å²) in [5, 5.41) is 8.63. The minimum atomic E-state index is -0.168. The van der Waals surface area contributed by atoms with Crippen LogP contribution in [0.25, 0.3) is 0 Å². The van der Waals surface area contributed by atoms with Gasteiger partial charge in [-0.05, 0) is 25.2 Å². The van der Waals surface area contributed by atoms with Gasteiger partial charge in [-0.15, -0.1) is 11.6 Å². The van der Waals surface area contributed by atoms with E-state index in [0.717, 1.165) is 19.3 Å². The summed E-state index contributed by atoms with van der Waals surface area (Å²) in [6, 6.07) is 2.16. The van der Waals surface area contributed by atoms with E-state index in [1.165, 1.54) is 0 Å². The summed E-state index contributed by atoms with van der Waals surface area (Å²) in [4.78, 5) is 0. The van der Waals surface area contributed by atoms with Crippen LogP contribution < -0.4 is 0 Å². The lowest BCUT2D eigenvalue weighted by Crippen LogP contribution is -2.13. The van der Waals surface area contributed by atoms with Crippen molar-refractivity contribution in [3.63, 3.8) is 0 Å². The second-order valence-corrected chi connectivity index (χ2v) is 3.18. The average Bonchev–Trinajstić information content (AvgIpc) is 2.81. The molecule has 0 aliphatic heterocycles. The Morgan fingerprint density at radius 3 is 2.82 bits per heavy atom. The maximum absolute atomic E-state index is 8.63. The lowest BCUT2D eigenvalue weighted by Gasteiger charge is -2.07. The van der Waals surface area contributed by atoms with E-state index in [2.05, 4.69) is 6.07 Å². The van der Waals surface area contributed by atoms with E-state index >= 15 is 0 Å². The molecule has 1 aliphatic carbocycles. The molecule has 1 saturated carbocycles. The summed E-state index contributed by atoms with van der Waals surface area (Å²) < 4.78 is 5.31. The molecule has 0 heterocycles. The molecule has 11 heavy (non-hydrogen) atoms. The minimum absolute atomic E-state index is 0.168. The van der Waals surface area contributed by atoms with Crippen LogP contribution in [-0.2, 0) is 4.74 Å². The number of hydrogen-bond donors (Lipinski definition) is 0. The molecule has 1 rings (SSSR count). The molecule has 0 aromatic heterocycles. The fourth-order valence-corrected chi connectivity index (χ4v) is 1.05. The minimum Gasteiger partial charge on any atom is -0.363 e. The van der Waals surface area contributed by atoms with E-state index in [4.69, 9.17) is 21.6 Å². The molecule has 0 amide bonds. The first kappa shape index (κ1) is 8.83. The van der Waals surface area contributed by atoms with Crippen LogP contribution in [0.3, 0.4) is 0 Å². The van der Waals surface area contributed by atoms with E-state index in [1.54, 1.807) is 0 Å². The summed E-state index contributed by atoms with van der Waals surface area (Å²) in [5.74, 6) is 1.12. The SMILES string of the molecule is N#CC(OCCCCl)C1CC1. The van der Waals surface area contributed by atoms with Gasteiger partial charge in [0.05, 0.1) is 6.07 Å². The Hall–Kier alpha value is -0.260. The summed E-state index contributed by atoms with van der Waals surface area (Å²) in [7, 11) is 0. The van der Waals surface area contributed by atoms with Crippen LogP contribution in [0.4, 0.5) is 0 Å². The topological polar surface area (TPSA) is 33.0 Å². The zero-order chi connectivity index (χ0) is 8.10.